The zero-order valence-corrected chi connectivity index (χ0v) is 12.9. The molecule has 0 aliphatic carbocycles. The molecule has 0 aliphatic rings. The van der Waals surface area contributed by atoms with E-state index >= 15 is 0 Å². The zero-order chi connectivity index (χ0) is 15.5. The van der Waals surface area contributed by atoms with Crippen molar-refractivity contribution in [3.05, 3.63) is 53.4 Å². The Morgan fingerprint density at radius 3 is 2.86 bits per heavy atom. The third-order valence-corrected chi connectivity index (χ3v) is 4.28. The number of hydrogen-bond acceptors (Lipinski definition) is 4. The van der Waals surface area contributed by atoms with E-state index in [0.29, 0.717) is 5.56 Å². The number of carbonyl (C=O) groups is 1. The van der Waals surface area contributed by atoms with E-state index < -0.39 is 0 Å². The monoisotopic (exact) mass is 312 g/mol. The predicted molar refractivity (Wildman–Crippen MR) is 89.1 cm³/mol. The minimum Gasteiger partial charge on any atom is -0.394 e. The normalized spacial score (nSPS) is 12.3. The van der Waals surface area contributed by atoms with Crippen LogP contribution in [0.5, 0.6) is 0 Å². The van der Waals surface area contributed by atoms with Gasteiger partial charge in [-0.1, -0.05) is 24.3 Å². The number of pyridine rings is 1. The highest BCUT2D eigenvalue weighted by atomic mass is 32.1. The largest absolute Gasteiger partial charge is 0.394 e. The van der Waals surface area contributed by atoms with Crippen molar-refractivity contribution in [2.45, 2.75) is 13.0 Å². The molecular weight excluding hydrogens is 296 g/mol. The molecule has 1 unspecified atom stereocenters. The van der Waals surface area contributed by atoms with Gasteiger partial charge in [-0.2, -0.15) is 0 Å². The highest BCUT2D eigenvalue weighted by Crippen LogP contribution is 2.27. The van der Waals surface area contributed by atoms with Crippen molar-refractivity contribution in [2.24, 2.45) is 0 Å². The van der Waals surface area contributed by atoms with E-state index in [9.17, 15) is 4.79 Å². The molecule has 1 aromatic carbocycles. The lowest BCUT2D eigenvalue weighted by molar-refractivity contribution is 0.0924. The number of fused-ring (bicyclic) bond motifs is 1. The summed E-state index contributed by atoms with van der Waals surface area (Å²) < 4.78 is 0. The van der Waals surface area contributed by atoms with E-state index in [2.05, 4.69) is 10.3 Å². The summed E-state index contributed by atoms with van der Waals surface area (Å²) in [7, 11) is 0. The van der Waals surface area contributed by atoms with Crippen LogP contribution in [0.2, 0.25) is 0 Å². The van der Waals surface area contributed by atoms with Gasteiger partial charge in [0, 0.05) is 11.4 Å². The second-order valence-corrected chi connectivity index (χ2v) is 6.05. The van der Waals surface area contributed by atoms with Crippen LogP contribution in [-0.4, -0.2) is 28.6 Å². The van der Waals surface area contributed by atoms with E-state index in [-0.39, 0.29) is 18.6 Å². The van der Waals surface area contributed by atoms with E-state index in [4.69, 9.17) is 5.11 Å². The molecule has 0 radical (unpaired) electrons. The Morgan fingerprint density at radius 1 is 1.32 bits per heavy atom. The van der Waals surface area contributed by atoms with E-state index in [1.807, 2.05) is 47.8 Å². The van der Waals surface area contributed by atoms with Gasteiger partial charge < -0.3 is 10.4 Å². The average molecular weight is 312 g/mol. The van der Waals surface area contributed by atoms with Gasteiger partial charge in [0.1, 0.15) is 0 Å². The van der Waals surface area contributed by atoms with Crippen LogP contribution in [0.3, 0.4) is 0 Å². The number of rotatable bonds is 4. The summed E-state index contributed by atoms with van der Waals surface area (Å²) >= 11 is 1.59. The molecule has 4 nitrogen and oxygen atoms in total. The molecule has 0 aliphatic heterocycles. The molecule has 2 N–H and O–H groups in total. The molecule has 1 atom stereocenters. The van der Waals surface area contributed by atoms with Crippen LogP contribution < -0.4 is 5.32 Å². The molecule has 0 fully saturated rings. The van der Waals surface area contributed by atoms with Crippen LogP contribution in [0.4, 0.5) is 0 Å². The standard InChI is InChI=1S/C17H16N2O2S/c1-11(10-20)18-17(21)13-9-15(16-7-4-8-22-16)19-14-6-3-2-5-12(13)14/h2-9,11,20H,10H2,1H3,(H,18,21). The smallest absolute Gasteiger partial charge is 0.252 e. The maximum atomic E-state index is 12.5. The van der Waals surface area contributed by atoms with E-state index in [1.54, 1.807) is 18.3 Å². The minimum atomic E-state index is -0.287. The molecule has 3 rings (SSSR count). The molecule has 1 amide bonds. The highest BCUT2D eigenvalue weighted by molar-refractivity contribution is 7.13. The Labute approximate surface area is 132 Å². The summed E-state index contributed by atoms with van der Waals surface area (Å²) in [5.74, 6) is -0.196. The van der Waals surface area contributed by atoms with Crippen molar-refractivity contribution >= 4 is 28.1 Å². The molecular formula is C17H16N2O2S. The summed E-state index contributed by atoms with van der Waals surface area (Å²) in [6.07, 6.45) is 0. The van der Waals surface area contributed by atoms with E-state index in [1.165, 1.54) is 0 Å². The van der Waals surface area contributed by atoms with Gasteiger partial charge in [0.05, 0.1) is 28.3 Å². The molecule has 5 heteroatoms. The molecule has 3 aromatic rings. The minimum absolute atomic E-state index is 0.0907. The molecule has 22 heavy (non-hydrogen) atoms. The van der Waals surface area contributed by atoms with Crippen molar-refractivity contribution in [2.75, 3.05) is 6.61 Å². The first kappa shape index (κ1) is 14.7. The Kier molecular flexibility index (Phi) is 4.18. The van der Waals surface area contributed by atoms with Crippen molar-refractivity contribution in [3.63, 3.8) is 0 Å². The van der Waals surface area contributed by atoms with Gasteiger partial charge in [0.15, 0.2) is 0 Å². The Bertz CT molecular complexity index is 800. The van der Waals surface area contributed by atoms with Gasteiger partial charge >= 0.3 is 0 Å². The number of aliphatic hydroxyl groups excluding tert-OH is 1. The van der Waals surface area contributed by atoms with Gasteiger partial charge in [0.2, 0.25) is 0 Å². The van der Waals surface area contributed by atoms with Crippen LogP contribution in [0.1, 0.15) is 17.3 Å². The maximum absolute atomic E-state index is 12.5. The molecule has 0 spiro atoms. The number of para-hydroxylation sites is 1. The van der Waals surface area contributed by atoms with Crippen molar-refractivity contribution in [3.8, 4) is 10.6 Å². The lowest BCUT2D eigenvalue weighted by atomic mass is 10.1. The third kappa shape index (κ3) is 2.86. The van der Waals surface area contributed by atoms with Crippen molar-refractivity contribution in [1.82, 2.24) is 10.3 Å². The Morgan fingerprint density at radius 2 is 2.14 bits per heavy atom. The first-order valence-corrected chi connectivity index (χ1v) is 7.92. The van der Waals surface area contributed by atoms with Crippen molar-refractivity contribution in [1.29, 1.82) is 0 Å². The summed E-state index contributed by atoms with van der Waals surface area (Å²) in [5.41, 5.74) is 2.15. The van der Waals surface area contributed by atoms with E-state index in [0.717, 1.165) is 21.5 Å². The second kappa shape index (κ2) is 6.25. The quantitative estimate of drug-likeness (QED) is 0.778. The number of amides is 1. The number of carbonyl (C=O) groups excluding carboxylic acids is 1. The Hall–Kier alpha value is -2.24. The van der Waals surface area contributed by atoms with Crippen LogP contribution in [0, 0.1) is 0 Å². The molecule has 2 heterocycles. The molecule has 2 aromatic heterocycles. The van der Waals surface area contributed by atoms with Crippen LogP contribution in [-0.2, 0) is 0 Å². The topological polar surface area (TPSA) is 62.2 Å². The number of hydrogen-bond donors (Lipinski definition) is 2. The number of aliphatic hydroxyl groups is 1. The SMILES string of the molecule is CC(CO)NC(=O)c1cc(-c2cccs2)nc2ccccc12. The van der Waals surface area contributed by atoms with Gasteiger partial charge in [0.25, 0.3) is 5.91 Å². The summed E-state index contributed by atoms with van der Waals surface area (Å²) in [6.45, 7) is 1.67. The fourth-order valence-electron chi connectivity index (χ4n) is 2.26. The average Bonchev–Trinajstić information content (AvgIpc) is 3.08. The number of nitrogens with zero attached hydrogens (tertiary/aromatic N) is 1. The highest BCUT2D eigenvalue weighted by Gasteiger charge is 2.15. The van der Waals surface area contributed by atoms with Gasteiger partial charge in [-0.05, 0) is 30.5 Å². The first-order valence-electron chi connectivity index (χ1n) is 7.04. The number of thiophene rings is 1. The molecule has 0 saturated heterocycles. The van der Waals surface area contributed by atoms with Gasteiger partial charge in [-0.15, -0.1) is 11.3 Å². The Balaban J connectivity index is 2.12. The fraction of sp³-hybridized carbons (Fsp3) is 0.176. The van der Waals surface area contributed by atoms with Gasteiger partial charge in [-0.25, -0.2) is 4.98 Å². The molecule has 0 saturated carbocycles. The summed E-state index contributed by atoms with van der Waals surface area (Å²) in [5, 5.41) is 14.7. The molecule has 112 valence electrons. The second-order valence-electron chi connectivity index (χ2n) is 5.11. The first-order chi connectivity index (χ1) is 10.7. The maximum Gasteiger partial charge on any atom is 0.252 e. The predicted octanol–water partition coefficient (Wildman–Crippen LogP) is 3.07. The third-order valence-electron chi connectivity index (χ3n) is 3.39. The number of nitrogens with one attached hydrogen (secondary N) is 1. The zero-order valence-electron chi connectivity index (χ0n) is 12.1. The number of aromatic nitrogens is 1. The lowest BCUT2D eigenvalue weighted by Gasteiger charge is -2.13. The summed E-state index contributed by atoms with van der Waals surface area (Å²) in [4.78, 5) is 18.2. The number of benzene rings is 1. The van der Waals surface area contributed by atoms with Crippen LogP contribution in [0.15, 0.2) is 47.8 Å². The van der Waals surface area contributed by atoms with Gasteiger partial charge in [-0.3, -0.25) is 4.79 Å². The van der Waals surface area contributed by atoms with Crippen LogP contribution in [0.25, 0.3) is 21.5 Å². The lowest BCUT2D eigenvalue weighted by Crippen LogP contribution is -2.35. The fourth-order valence-corrected chi connectivity index (χ4v) is 2.95. The van der Waals surface area contributed by atoms with Crippen LogP contribution >= 0.6 is 11.3 Å². The molecule has 0 bridgehead atoms. The summed E-state index contributed by atoms with van der Waals surface area (Å²) in [6, 6.07) is 13.1. The van der Waals surface area contributed by atoms with Crippen molar-refractivity contribution < 1.29 is 9.90 Å².